The van der Waals surface area contributed by atoms with Crippen molar-refractivity contribution in [3.05, 3.63) is 24.3 Å². The third-order valence-corrected chi connectivity index (χ3v) is 10.8. The van der Waals surface area contributed by atoms with E-state index >= 15 is 0 Å². The number of ether oxygens (including phenoxy) is 1. The van der Waals surface area contributed by atoms with E-state index in [0.717, 1.165) is 32.1 Å². The maximum absolute atomic E-state index is 12.0. The van der Waals surface area contributed by atoms with Gasteiger partial charge in [0.15, 0.2) is 0 Å². The van der Waals surface area contributed by atoms with Crippen molar-refractivity contribution in [2.24, 2.45) is 0 Å². The molecule has 0 aliphatic heterocycles. The molecule has 2 nitrogen and oxygen atoms in total. The summed E-state index contributed by atoms with van der Waals surface area (Å²) in [4.78, 5) is 12.0. The molecule has 51 heavy (non-hydrogen) atoms. The Kier molecular flexibility index (Phi) is 46.0. The minimum absolute atomic E-state index is 0.0115. The van der Waals surface area contributed by atoms with Gasteiger partial charge in [-0.2, -0.15) is 0 Å². The van der Waals surface area contributed by atoms with Crippen LogP contribution < -0.4 is 0 Å². The van der Waals surface area contributed by atoms with E-state index in [1.807, 2.05) is 0 Å². The summed E-state index contributed by atoms with van der Waals surface area (Å²) in [5, 5.41) is 0. The Bertz CT molecular complexity index is 694. The highest BCUT2D eigenvalue weighted by Crippen LogP contribution is 2.16. The molecule has 0 aromatic heterocycles. The fraction of sp³-hybridized carbons (Fsp3) is 0.898. The number of carbonyl (C=O) groups excluding carboxylic acids is 1. The molecule has 0 amide bonds. The highest BCUT2D eigenvalue weighted by Gasteiger charge is 2.03. The van der Waals surface area contributed by atoms with E-state index in [4.69, 9.17) is 4.74 Å². The van der Waals surface area contributed by atoms with Crippen molar-refractivity contribution in [1.29, 1.82) is 0 Å². The smallest absolute Gasteiger partial charge is 0.305 e. The predicted molar refractivity (Wildman–Crippen MR) is 230 cm³/mol. The third kappa shape index (κ3) is 46.9. The second-order valence-electron chi connectivity index (χ2n) is 16.1. The number of carbonyl (C=O) groups is 1. The summed E-state index contributed by atoms with van der Waals surface area (Å²) in [6.45, 7) is 5.20. The molecule has 302 valence electrons. The molecular formula is C49H94O2. The highest BCUT2D eigenvalue weighted by molar-refractivity contribution is 5.69. The Morgan fingerprint density at radius 2 is 0.608 bits per heavy atom. The van der Waals surface area contributed by atoms with Crippen LogP contribution in [-0.2, 0) is 9.53 Å². The van der Waals surface area contributed by atoms with E-state index in [-0.39, 0.29) is 5.97 Å². The van der Waals surface area contributed by atoms with Gasteiger partial charge >= 0.3 is 5.97 Å². The van der Waals surface area contributed by atoms with Gasteiger partial charge in [0.2, 0.25) is 0 Å². The van der Waals surface area contributed by atoms with Crippen LogP contribution in [0.2, 0.25) is 0 Å². The first-order valence-electron chi connectivity index (χ1n) is 23.8. The first-order valence-corrected chi connectivity index (χ1v) is 23.8. The molecule has 0 rings (SSSR count). The van der Waals surface area contributed by atoms with Gasteiger partial charge in [0.1, 0.15) is 0 Å². The Labute approximate surface area is 322 Å². The Hall–Kier alpha value is -1.05. The number of hydrogen-bond acceptors (Lipinski definition) is 2. The lowest BCUT2D eigenvalue weighted by atomic mass is 10.0. The summed E-state index contributed by atoms with van der Waals surface area (Å²) in [7, 11) is 0. The molecule has 0 N–H and O–H groups in total. The van der Waals surface area contributed by atoms with Gasteiger partial charge in [-0.3, -0.25) is 4.79 Å². The van der Waals surface area contributed by atoms with Crippen LogP contribution >= 0.6 is 0 Å². The van der Waals surface area contributed by atoms with Crippen molar-refractivity contribution in [2.75, 3.05) is 6.61 Å². The van der Waals surface area contributed by atoms with Crippen LogP contribution in [0.3, 0.4) is 0 Å². The molecule has 0 atom stereocenters. The monoisotopic (exact) mass is 715 g/mol. The number of unbranched alkanes of at least 4 members (excludes halogenated alkanes) is 36. The first kappa shape index (κ1) is 49.9. The summed E-state index contributed by atoms with van der Waals surface area (Å²) >= 11 is 0. The van der Waals surface area contributed by atoms with Crippen molar-refractivity contribution >= 4 is 5.97 Å². The van der Waals surface area contributed by atoms with Crippen molar-refractivity contribution in [1.82, 2.24) is 0 Å². The Balaban J connectivity index is 3.19. The largest absolute Gasteiger partial charge is 0.466 e. The average Bonchev–Trinajstić information content (AvgIpc) is 3.14. The zero-order valence-corrected chi connectivity index (χ0v) is 35.3. The van der Waals surface area contributed by atoms with Gasteiger partial charge in [0.05, 0.1) is 6.61 Å². The van der Waals surface area contributed by atoms with Crippen molar-refractivity contribution in [3.8, 4) is 0 Å². The van der Waals surface area contributed by atoms with Gasteiger partial charge in [-0.1, -0.05) is 250 Å². The summed E-state index contributed by atoms with van der Waals surface area (Å²) in [5.41, 5.74) is 0. The van der Waals surface area contributed by atoms with Crippen LogP contribution in [0.4, 0.5) is 0 Å². The van der Waals surface area contributed by atoms with E-state index in [0.29, 0.717) is 13.0 Å². The maximum atomic E-state index is 12.0. The summed E-state index contributed by atoms with van der Waals surface area (Å²) < 4.78 is 5.47. The lowest BCUT2D eigenvalue weighted by Gasteiger charge is -2.05. The van der Waals surface area contributed by atoms with Crippen LogP contribution in [0.15, 0.2) is 24.3 Å². The second kappa shape index (κ2) is 47.0. The molecule has 0 fully saturated rings. The van der Waals surface area contributed by atoms with E-state index in [2.05, 4.69) is 38.2 Å². The normalized spacial score (nSPS) is 11.8. The standard InChI is InChI=1S/C49H94O2/c1-3-5-7-9-11-13-15-17-19-21-22-23-24-25-26-27-28-29-30-32-34-36-38-40-42-44-46-48-51-49(50)47-45-43-41-39-37-35-33-31-20-18-16-14-12-10-8-6-4-2/h18,20,33,35H,3-17,19,21-32,34,36-48H2,1-2H3/b20-18+,35-33+. The molecule has 0 radical (unpaired) electrons. The molecule has 0 aliphatic carbocycles. The number of esters is 1. The second-order valence-corrected chi connectivity index (χ2v) is 16.1. The molecular weight excluding hydrogens is 621 g/mol. The number of rotatable bonds is 44. The lowest BCUT2D eigenvalue weighted by Crippen LogP contribution is -2.05. The van der Waals surface area contributed by atoms with E-state index in [1.165, 1.54) is 225 Å². The topological polar surface area (TPSA) is 26.3 Å². The molecule has 0 unspecified atom stereocenters. The molecule has 0 saturated carbocycles. The first-order chi connectivity index (χ1) is 25.3. The van der Waals surface area contributed by atoms with Crippen LogP contribution in [-0.4, -0.2) is 12.6 Å². The molecule has 0 aromatic carbocycles. The van der Waals surface area contributed by atoms with Gasteiger partial charge in [-0.05, 0) is 44.9 Å². The highest BCUT2D eigenvalue weighted by atomic mass is 16.5. The van der Waals surface area contributed by atoms with Crippen LogP contribution in [0.5, 0.6) is 0 Å². The Morgan fingerprint density at radius 3 is 0.941 bits per heavy atom. The molecule has 0 aliphatic rings. The zero-order chi connectivity index (χ0) is 36.8. The molecule has 0 saturated heterocycles. The average molecular weight is 715 g/mol. The predicted octanol–water partition coefficient (Wildman–Crippen LogP) is 17.7. The van der Waals surface area contributed by atoms with Gasteiger partial charge in [0, 0.05) is 6.42 Å². The van der Waals surface area contributed by atoms with E-state index < -0.39 is 0 Å². The fourth-order valence-corrected chi connectivity index (χ4v) is 7.29. The van der Waals surface area contributed by atoms with Crippen LogP contribution in [0.1, 0.15) is 277 Å². The van der Waals surface area contributed by atoms with Crippen molar-refractivity contribution in [2.45, 2.75) is 277 Å². The summed E-state index contributed by atoms with van der Waals surface area (Å²) in [6, 6.07) is 0. The minimum atomic E-state index is 0.0115. The van der Waals surface area contributed by atoms with E-state index in [9.17, 15) is 4.79 Å². The molecule has 0 heterocycles. The molecule has 0 bridgehead atoms. The van der Waals surface area contributed by atoms with Gasteiger partial charge in [0.25, 0.3) is 0 Å². The van der Waals surface area contributed by atoms with Crippen LogP contribution in [0, 0.1) is 0 Å². The van der Waals surface area contributed by atoms with Crippen molar-refractivity contribution < 1.29 is 9.53 Å². The third-order valence-electron chi connectivity index (χ3n) is 10.8. The van der Waals surface area contributed by atoms with E-state index in [1.54, 1.807) is 0 Å². The summed E-state index contributed by atoms with van der Waals surface area (Å²) in [6.07, 6.45) is 64.5. The Morgan fingerprint density at radius 1 is 0.333 bits per heavy atom. The quantitative estimate of drug-likeness (QED) is 0.0357. The lowest BCUT2D eigenvalue weighted by molar-refractivity contribution is -0.143. The van der Waals surface area contributed by atoms with Gasteiger partial charge < -0.3 is 4.74 Å². The molecule has 0 aromatic rings. The number of hydrogen-bond donors (Lipinski definition) is 0. The van der Waals surface area contributed by atoms with Gasteiger partial charge in [-0.25, -0.2) is 0 Å². The summed E-state index contributed by atoms with van der Waals surface area (Å²) in [5.74, 6) is 0.0115. The zero-order valence-electron chi connectivity index (χ0n) is 35.3. The fourth-order valence-electron chi connectivity index (χ4n) is 7.29. The molecule has 2 heteroatoms. The van der Waals surface area contributed by atoms with Crippen LogP contribution in [0.25, 0.3) is 0 Å². The van der Waals surface area contributed by atoms with Gasteiger partial charge in [-0.15, -0.1) is 0 Å². The SMILES string of the molecule is CCCCCCCC/C=C/C/C=C/CCCCCCC(=O)OCCCCCCCCCCCCCCCCCCCCCCCCCCCCC. The molecule has 0 spiro atoms. The number of allylic oxidation sites excluding steroid dienone is 4. The van der Waals surface area contributed by atoms with Crippen molar-refractivity contribution in [3.63, 3.8) is 0 Å². The maximum Gasteiger partial charge on any atom is 0.305 e. The minimum Gasteiger partial charge on any atom is -0.466 e.